The van der Waals surface area contributed by atoms with Crippen LogP contribution in [0.4, 0.5) is 5.69 Å². The van der Waals surface area contributed by atoms with Crippen LogP contribution in [0.1, 0.15) is 10.4 Å². The zero-order valence-electron chi connectivity index (χ0n) is 9.99. The van der Waals surface area contributed by atoms with Crippen molar-refractivity contribution < 1.29 is 0 Å². The average molecular weight is 301 g/mol. The summed E-state index contributed by atoms with van der Waals surface area (Å²) in [6.07, 6.45) is 0. The second-order valence-electron chi connectivity index (χ2n) is 4.04. The quantitative estimate of drug-likeness (QED) is 0.919. The Bertz CT molecular complexity index is 540. The Hall–Kier alpha value is -0.740. The van der Waals surface area contributed by atoms with E-state index in [0.29, 0.717) is 11.6 Å². The lowest BCUT2D eigenvalue weighted by Gasteiger charge is -2.19. The molecular formula is C13H14Cl2N2S. The number of hydrogen-bond acceptors (Lipinski definition) is 3. The standard InChI is InChI=1S/C13H14Cl2N2S/c1-17(8-11-4-5-13(15)18-11)10-3-2-9(7-16)12(14)6-10/h2-6H,7-8,16H2,1H3. The molecule has 1 aromatic carbocycles. The molecule has 0 radical (unpaired) electrons. The van der Waals surface area contributed by atoms with Gasteiger partial charge in [0.2, 0.25) is 0 Å². The highest BCUT2D eigenvalue weighted by molar-refractivity contribution is 7.16. The molecule has 0 saturated heterocycles. The van der Waals surface area contributed by atoms with Gasteiger partial charge in [-0.05, 0) is 29.8 Å². The van der Waals surface area contributed by atoms with E-state index in [9.17, 15) is 0 Å². The van der Waals surface area contributed by atoms with Crippen molar-refractivity contribution >= 4 is 40.2 Å². The van der Waals surface area contributed by atoms with Crippen molar-refractivity contribution in [3.63, 3.8) is 0 Å². The lowest BCUT2D eigenvalue weighted by atomic mass is 10.2. The van der Waals surface area contributed by atoms with Crippen molar-refractivity contribution in [3.8, 4) is 0 Å². The second-order valence-corrected chi connectivity index (χ2v) is 6.25. The number of hydrogen-bond donors (Lipinski definition) is 1. The Labute approximate surface area is 121 Å². The maximum atomic E-state index is 6.16. The van der Waals surface area contributed by atoms with Gasteiger partial charge in [-0.2, -0.15) is 0 Å². The third kappa shape index (κ3) is 3.18. The molecule has 1 heterocycles. The van der Waals surface area contributed by atoms with Crippen LogP contribution in [0.2, 0.25) is 9.36 Å². The molecule has 0 aliphatic heterocycles. The van der Waals surface area contributed by atoms with Crippen LogP contribution in [0.5, 0.6) is 0 Å². The monoisotopic (exact) mass is 300 g/mol. The zero-order chi connectivity index (χ0) is 13.1. The smallest absolute Gasteiger partial charge is 0.0931 e. The van der Waals surface area contributed by atoms with Gasteiger partial charge in [-0.25, -0.2) is 0 Å². The van der Waals surface area contributed by atoms with Crippen molar-refractivity contribution in [2.24, 2.45) is 5.73 Å². The van der Waals surface area contributed by atoms with Crippen molar-refractivity contribution in [1.82, 2.24) is 0 Å². The molecule has 0 amide bonds. The van der Waals surface area contributed by atoms with Gasteiger partial charge in [-0.1, -0.05) is 29.3 Å². The van der Waals surface area contributed by atoms with Crippen LogP contribution < -0.4 is 10.6 Å². The highest BCUT2D eigenvalue weighted by atomic mass is 35.5. The van der Waals surface area contributed by atoms with E-state index in [-0.39, 0.29) is 0 Å². The molecule has 0 aliphatic rings. The first-order valence-electron chi connectivity index (χ1n) is 5.54. The van der Waals surface area contributed by atoms with Crippen LogP contribution in [0.25, 0.3) is 0 Å². The summed E-state index contributed by atoms with van der Waals surface area (Å²) in [5, 5.41) is 0.714. The molecule has 0 spiro atoms. The maximum Gasteiger partial charge on any atom is 0.0931 e. The maximum absolute atomic E-state index is 6.16. The van der Waals surface area contributed by atoms with E-state index in [1.807, 2.05) is 37.4 Å². The molecule has 0 bridgehead atoms. The minimum absolute atomic E-state index is 0.462. The molecule has 2 aromatic rings. The SMILES string of the molecule is CN(Cc1ccc(Cl)s1)c1ccc(CN)c(Cl)c1. The molecule has 2 rings (SSSR count). The fourth-order valence-corrected chi connectivity index (χ4v) is 3.09. The molecule has 2 N–H and O–H groups in total. The van der Waals surface area contributed by atoms with Gasteiger partial charge in [0.15, 0.2) is 0 Å². The van der Waals surface area contributed by atoms with Crippen LogP contribution in [-0.2, 0) is 13.1 Å². The van der Waals surface area contributed by atoms with Gasteiger partial charge >= 0.3 is 0 Å². The van der Waals surface area contributed by atoms with E-state index in [1.54, 1.807) is 11.3 Å². The molecule has 18 heavy (non-hydrogen) atoms. The normalized spacial score (nSPS) is 10.7. The fourth-order valence-electron chi connectivity index (χ4n) is 1.70. The van der Waals surface area contributed by atoms with Gasteiger partial charge in [0.25, 0.3) is 0 Å². The van der Waals surface area contributed by atoms with Gasteiger partial charge in [0, 0.05) is 29.2 Å². The highest BCUT2D eigenvalue weighted by Gasteiger charge is 2.07. The number of rotatable bonds is 4. The summed E-state index contributed by atoms with van der Waals surface area (Å²) in [6, 6.07) is 9.90. The van der Waals surface area contributed by atoms with E-state index in [2.05, 4.69) is 4.90 Å². The van der Waals surface area contributed by atoms with Gasteiger partial charge in [0.05, 0.1) is 10.9 Å². The van der Waals surface area contributed by atoms with Crippen molar-refractivity contribution in [2.45, 2.75) is 13.1 Å². The third-order valence-electron chi connectivity index (χ3n) is 2.72. The Morgan fingerprint density at radius 2 is 2.00 bits per heavy atom. The number of nitrogens with two attached hydrogens (primary N) is 1. The van der Waals surface area contributed by atoms with Gasteiger partial charge in [-0.15, -0.1) is 11.3 Å². The van der Waals surface area contributed by atoms with E-state index < -0.39 is 0 Å². The minimum Gasteiger partial charge on any atom is -0.369 e. The van der Waals surface area contributed by atoms with Gasteiger partial charge in [-0.3, -0.25) is 0 Å². The average Bonchev–Trinajstić information content (AvgIpc) is 2.74. The van der Waals surface area contributed by atoms with Crippen LogP contribution >= 0.6 is 34.5 Å². The Morgan fingerprint density at radius 3 is 2.56 bits per heavy atom. The lowest BCUT2D eigenvalue weighted by molar-refractivity contribution is 0.938. The number of halogens is 2. The Morgan fingerprint density at radius 1 is 1.22 bits per heavy atom. The van der Waals surface area contributed by atoms with E-state index in [0.717, 1.165) is 22.1 Å². The summed E-state index contributed by atoms with van der Waals surface area (Å²) in [6.45, 7) is 1.28. The summed E-state index contributed by atoms with van der Waals surface area (Å²) >= 11 is 13.7. The summed E-state index contributed by atoms with van der Waals surface area (Å²) < 4.78 is 0.815. The van der Waals surface area contributed by atoms with E-state index in [1.165, 1.54) is 4.88 Å². The molecular weight excluding hydrogens is 287 g/mol. The van der Waals surface area contributed by atoms with Crippen LogP contribution in [0.3, 0.4) is 0 Å². The predicted molar refractivity (Wildman–Crippen MR) is 80.8 cm³/mol. The second kappa shape index (κ2) is 5.93. The number of nitrogens with zero attached hydrogens (tertiary/aromatic N) is 1. The highest BCUT2D eigenvalue weighted by Crippen LogP contribution is 2.27. The summed E-state index contributed by atoms with van der Waals surface area (Å²) in [5.74, 6) is 0. The molecule has 0 saturated carbocycles. The van der Waals surface area contributed by atoms with Gasteiger partial charge in [0.1, 0.15) is 0 Å². The lowest BCUT2D eigenvalue weighted by Crippen LogP contribution is -2.15. The molecule has 0 atom stereocenters. The largest absolute Gasteiger partial charge is 0.369 e. The molecule has 0 fully saturated rings. The molecule has 5 heteroatoms. The minimum atomic E-state index is 0.462. The molecule has 2 nitrogen and oxygen atoms in total. The number of anilines is 1. The molecule has 0 aliphatic carbocycles. The van der Waals surface area contributed by atoms with E-state index in [4.69, 9.17) is 28.9 Å². The summed E-state index contributed by atoms with van der Waals surface area (Å²) in [4.78, 5) is 3.36. The third-order valence-corrected chi connectivity index (χ3v) is 4.29. The van der Waals surface area contributed by atoms with Gasteiger partial charge < -0.3 is 10.6 Å². The van der Waals surface area contributed by atoms with E-state index >= 15 is 0 Å². The summed E-state index contributed by atoms with van der Waals surface area (Å²) in [7, 11) is 2.03. The molecule has 96 valence electrons. The first-order valence-corrected chi connectivity index (χ1v) is 7.11. The van der Waals surface area contributed by atoms with Crippen molar-refractivity contribution in [2.75, 3.05) is 11.9 Å². The van der Waals surface area contributed by atoms with Crippen molar-refractivity contribution in [3.05, 3.63) is 50.1 Å². The molecule has 0 unspecified atom stereocenters. The summed E-state index contributed by atoms with van der Waals surface area (Å²) in [5.41, 5.74) is 7.63. The zero-order valence-corrected chi connectivity index (χ0v) is 12.3. The first-order chi connectivity index (χ1) is 8.60. The van der Waals surface area contributed by atoms with Crippen molar-refractivity contribution in [1.29, 1.82) is 0 Å². The predicted octanol–water partition coefficient (Wildman–Crippen LogP) is 4.15. The number of thiophene rings is 1. The first kappa shape index (κ1) is 13.7. The number of benzene rings is 1. The topological polar surface area (TPSA) is 29.3 Å². The van der Waals surface area contributed by atoms with Crippen LogP contribution in [-0.4, -0.2) is 7.05 Å². The van der Waals surface area contributed by atoms with Crippen LogP contribution in [0, 0.1) is 0 Å². The molecule has 1 aromatic heterocycles. The fraction of sp³-hybridized carbons (Fsp3) is 0.231. The Kier molecular flexibility index (Phi) is 4.51. The Balaban J connectivity index is 2.13. The van der Waals surface area contributed by atoms with Crippen LogP contribution in [0.15, 0.2) is 30.3 Å².